The number of nitrogens with zero attached hydrogens (tertiary/aromatic N) is 2. The monoisotopic (exact) mass is 583 g/mol. The van der Waals surface area contributed by atoms with Gasteiger partial charge in [-0.3, -0.25) is 4.79 Å². The first-order valence-electron chi connectivity index (χ1n) is 12.6. The summed E-state index contributed by atoms with van der Waals surface area (Å²) in [5.74, 6) is 1.69. The zero-order valence-corrected chi connectivity index (χ0v) is 24.8. The molecule has 1 heterocycles. The molecular formula is C28H36Cl3N3O4. The molecule has 0 aliphatic carbocycles. The number of ether oxygens (including phenoxy) is 2. The summed E-state index contributed by atoms with van der Waals surface area (Å²) in [7, 11) is 1.68. The molecule has 0 saturated carbocycles. The highest BCUT2D eigenvalue weighted by Crippen LogP contribution is 2.31. The number of unbranched alkanes of at least 4 members (excludes halogenated alkanes) is 2. The van der Waals surface area contributed by atoms with E-state index >= 15 is 0 Å². The first kappa shape index (κ1) is 31.7. The number of aromatic nitrogens is 2. The van der Waals surface area contributed by atoms with Gasteiger partial charge in [-0.15, -0.1) is 11.6 Å². The molecule has 0 spiro atoms. The Morgan fingerprint density at radius 2 is 1.74 bits per heavy atom. The van der Waals surface area contributed by atoms with E-state index in [1.807, 2.05) is 20.8 Å². The highest BCUT2D eigenvalue weighted by molar-refractivity contribution is 6.31. The van der Waals surface area contributed by atoms with E-state index in [4.69, 9.17) is 44.3 Å². The van der Waals surface area contributed by atoms with Gasteiger partial charge in [0.25, 0.3) is 5.56 Å². The Morgan fingerprint density at radius 3 is 2.37 bits per heavy atom. The molecule has 0 unspecified atom stereocenters. The maximum atomic E-state index is 12.5. The molecule has 1 N–H and O–H groups in total. The number of rotatable bonds is 9. The summed E-state index contributed by atoms with van der Waals surface area (Å²) in [6, 6.07) is 10.0. The fraction of sp³-hybridized carbons (Fsp3) is 0.464. The molecule has 0 fully saturated rings. The lowest BCUT2D eigenvalue weighted by Crippen LogP contribution is -2.35. The van der Waals surface area contributed by atoms with Crippen LogP contribution < -0.4 is 10.3 Å². The molecule has 0 saturated heterocycles. The highest BCUT2D eigenvalue weighted by atomic mass is 35.5. The summed E-state index contributed by atoms with van der Waals surface area (Å²) in [6.07, 6.45) is 3.93. The number of amides is 1. The molecular weight excluding hydrogens is 549 g/mol. The second-order valence-corrected chi connectivity index (χ2v) is 11.0. The van der Waals surface area contributed by atoms with E-state index in [2.05, 4.69) is 16.9 Å². The topological polar surface area (TPSA) is 84.5 Å². The lowest BCUT2D eigenvalue weighted by atomic mass is 10.1. The molecule has 0 atom stereocenters. The SMILES string of the molecule is CCCCCCl.CN(CCCOc1ccc(Cl)cc1-c1nc2ccc(Cl)cc2c(=O)[nH]1)C(=O)OC(C)(C)C. The van der Waals surface area contributed by atoms with E-state index in [0.29, 0.717) is 57.7 Å². The third kappa shape index (κ3) is 10.4. The van der Waals surface area contributed by atoms with E-state index in [1.165, 1.54) is 24.2 Å². The van der Waals surface area contributed by atoms with Gasteiger partial charge in [-0.2, -0.15) is 0 Å². The fourth-order valence-electron chi connectivity index (χ4n) is 3.31. The van der Waals surface area contributed by atoms with Gasteiger partial charge in [0, 0.05) is 29.5 Å². The number of halogens is 3. The van der Waals surface area contributed by atoms with Gasteiger partial charge in [0.2, 0.25) is 0 Å². The van der Waals surface area contributed by atoms with Crippen LogP contribution in [0.4, 0.5) is 4.79 Å². The van der Waals surface area contributed by atoms with E-state index < -0.39 is 5.60 Å². The van der Waals surface area contributed by atoms with Gasteiger partial charge in [-0.1, -0.05) is 43.0 Å². The largest absolute Gasteiger partial charge is 0.493 e. The van der Waals surface area contributed by atoms with Crippen LogP contribution >= 0.6 is 34.8 Å². The van der Waals surface area contributed by atoms with Crippen LogP contribution in [0.3, 0.4) is 0 Å². The zero-order valence-electron chi connectivity index (χ0n) is 22.6. The standard InChI is InChI=1S/C23H25Cl2N3O4.C5H11Cl/c1-23(2,3)32-22(30)28(4)10-5-11-31-19-9-7-15(25)13-17(19)20-26-18-8-6-14(24)12-16(18)21(29)27-20;1-2-3-4-5-6/h6-9,12-13H,5,10-11H2,1-4H3,(H,26,27,29);2-5H2,1H3. The lowest BCUT2D eigenvalue weighted by molar-refractivity contribution is 0.0292. The summed E-state index contributed by atoms with van der Waals surface area (Å²) in [5.41, 5.74) is 0.220. The molecule has 1 amide bonds. The Balaban J connectivity index is 0.000000757. The lowest BCUT2D eigenvalue weighted by Gasteiger charge is -2.24. The van der Waals surface area contributed by atoms with Gasteiger partial charge < -0.3 is 19.4 Å². The van der Waals surface area contributed by atoms with Crippen molar-refractivity contribution in [2.24, 2.45) is 0 Å². The fourth-order valence-corrected chi connectivity index (χ4v) is 3.84. The van der Waals surface area contributed by atoms with Crippen molar-refractivity contribution < 1.29 is 14.3 Å². The van der Waals surface area contributed by atoms with Crippen molar-refractivity contribution >= 4 is 51.8 Å². The van der Waals surface area contributed by atoms with E-state index in [9.17, 15) is 9.59 Å². The minimum absolute atomic E-state index is 0.308. The predicted molar refractivity (Wildman–Crippen MR) is 157 cm³/mol. The summed E-state index contributed by atoms with van der Waals surface area (Å²) in [4.78, 5) is 33.4. The van der Waals surface area contributed by atoms with Crippen molar-refractivity contribution in [1.29, 1.82) is 0 Å². The van der Waals surface area contributed by atoms with Crippen LogP contribution in [0, 0.1) is 0 Å². The Kier molecular flexibility index (Phi) is 12.7. The average Bonchev–Trinajstić information content (AvgIpc) is 2.85. The number of hydrogen-bond acceptors (Lipinski definition) is 5. The number of carbonyl (C=O) groups excluding carboxylic acids is 1. The molecule has 1 aromatic heterocycles. The second kappa shape index (κ2) is 15.2. The number of alkyl halides is 1. The van der Waals surface area contributed by atoms with Crippen molar-refractivity contribution in [2.75, 3.05) is 26.1 Å². The Bertz CT molecular complexity index is 1250. The summed E-state index contributed by atoms with van der Waals surface area (Å²) >= 11 is 17.6. The quantitative estimate of drug-likeness (QED) is 0.204. The number of nitrogens with one attached hydrogen (secondary N) is 1. The smallest absolute Gasteiger partial charge is 0.410 e. The molecule has 0 aliphatic rings. The van der Waals surface area contributed by atoms with Crippen LogP contribution in [-0.2, 0) is 4.74 Å². The zero-order chi connectivity index (χ0) is 28.3. The number of H-pyrrole nitrogens is 1. The van der Waals surface area contributed by atoms with Gasteiger partial charge >= 0.3 is 6.09 Å². The van der Waals surface area contributed by atoms with E-state index in [1.54, 1.807) is 43.4 Å². The molecule has 0 aliphatic heterocycles. The molecule has 10 heteroatoms. The van der Waals surface area contributed by atoms with Crippen LogP contribution in [-0.4, -0.2) is 52.6 Å². The molecule has 7 nitrogen and oxygen atoms in total. The molecule has 38 heavy (non-hydrogen) atoms. The predicted octanol–water partition coefficient (Wildman–Crippen LogP) is 7.95. The van der Waals surface area contributed by atoms with E-state index in [-0.39, 0.29) is 11.7 Å². The second-order valence-electron chi connectivity index (χ2n) is 9.72. The van der Waals surface area contributed by atoms with Crippen molar-refractivity contribution in [1.82, 2.24) is 14.9 Å². The molecule has 208 valence electrons. The summed E-state index contributed by atoms with van der Waals surface area (Å²) < 4.78 is 11.3. The highest BCUT2D eigenvalue weighted by Gasteiger charge is 2.19. The molecule has 2 aromatic carbocycles. The van der Waals surface area contributed by atoms with Crippen molar-refractivity contribution in [3.8, 4) is 17.1 Å². The van der Waals surface area contributed by atoms with Gasteiger partial charge in [0.05, 0.1) is 23.1 Å². The number of aromatic amines is 1. The number of benzene rings is 2. The molecule has 0 bridgehead atoms. The minimum Gasteiger partial charge on any atom is -0.493 e. The van der Waals surface area contributed by atoms with Gasteiger partial charge in [0.15, 0.2) is 0 Å². The van der Waals surface area contributed by atoms with Crippen LogP contribution in [0.5, 0.6) is 5.75 Å². The minimum atomic E-state index is -0.546. The van der Waals surface area contributed by atoms with Crippen LogP contribution in [0.2, 0.25) is 10.0 Å². The first-order chi connectivity index (χ1) is 17.9. The maximum Gasteiger partial charge on any atom is 0.410 e. The normalized spacial score (nSPS) is 11.1. The maximum absolute atomic E-state index is 12.5. The third-order valence-corrected chi connectivity index (χ3v) is 5.94. The van der Waals surface area contributed by atoms with Crippen molar-refractivity contribution in [3.63, 3.8) is 0 Å². The Hall–Kier alpha value is -2.48. The van der Waals surface area contributed by atoms with E-state index in [0.717, 1.165) is 5.88 Å². The molecule has 0 radical (unpaired) electrons. The third-order valence-electron chi connectivity index (χ3n) is 5.20. The average molecular weight is 585 g/mol. The summed E-state index contributed by atoms with van der Waals surface area (Å²) in [5, 5.41) is 1.34. The number of hydrogen-bond donors (Lipinski definition) is 1. The van der Waals surface area contributed by atoms with Crippen LogP contribution in [0.15, 0.2) is 41.2 Å². The number of fused-ring (bicyclic) bond motifs is 1. The van der Waals surface area contributed by atoms with Crippen LogP contribution in [0.25, 0.3) is 22.3 Å². The number of carbonyl (C=O) groups is 1. The summed E-state index contributed by atoms with van der Waals surface area (Å²) in [6.45, 7) is 8.45. The van der Waals surface area contributed by atoms with Crippen molar-refractivity contribution in [3.05, 3.63) is 56.8 Å². The molecule has 3 rings (SSSR count). The molecule has 3 aromatic rings. The van der Waals surface area contributed by atoms with Crippen molar-refractivity contribution in [2.45, 2.75) is 59.0 Å². The van der Waals surface area contributed by atoms with Gasteiger partial charge in [-0.25, -0.2) is 9.78 Å². The van der Waals surface area contributed by atoms with Gasteiger partial charge in [-0.05, 0) is 70.0 Å². The Morgan fingerprint density at radius 1 is 1.05 bits per heavy atom. The Labute approximate surface area is 239 Å². The van der Waals surface area contributed by atoms with Gasteiger partial charge in [0.1, 0.15) is 17.2 Å². The van der Waals surface area contributed by atoms with Crippen LogP contribution in [0.1, 0.15) is 53.4 Å². The first-order valence-corrected chi connectivity index (χ1v) is 13.9.